The van der Waals surface area contributed by atoms with Gasteiger partial charge in [-0.2, -0.15) is 0 Å². The number of benzene rings is 1. The maximum absolute atomic E-state index is 6.23. The van der Waals surface area contributed by atoms with Gasteiger partial charge < -0.3 is 15.4 Å². The Labute approximate surface area is 127 Å². The number of ether oxygens (including phenoxy) is 1. The largest absolute Gasteiger partial charge is 0.496 e. The van der Waals surface area contributed by atoms with Crippen LogP contribution in [0.3, 0.4) is 0 Å². The molecule has 2 heterocycles. The summed E-state index contributed by atoms with van der Waals surface area (Å²) in [6.07, 6.45) is 3.90. The van der Waals surface area contributed by atoms with E-state index in [1.807, 2.05) is 13.0 Å². The third-order valence-electron chi connectivity index (χ3n) is 4.86. The number of anilines is 1. The standard InChI is InChI=1S/C17H27N3O/c1-13(18)17-15(7-3-8-16(17)21-2)20-11-5-10-19-9-4-6-14(19)12-20/h3,7-8,13-14H,4-6,9-12,18H2,1-2H3. The minimum Gasteiger partial charge on any atom is -0.496 e. The van der Waals surface area contributed by atoms with Crippen LogP contribution in [0.15, 0.2) is 18.2 Å². The van der Waals surface area contributed by atoms with Crippen LogP contribution in [-0.2, 0) is 0 Å². The van der Waals surface area contributed by atoms with Crippen LogP contribution in [0, 0.1) is 0 Å². The summed E-state index contributed by atoms with van der Waals surface area (Å²) in [7, 11) is 1.73. The maximum Gasteiger partial charge on any atom is 0.125 e. The average Bonchev–Trinajstić information content (AvgIpc) is 2.83. The fourth-order valence-electron chi connectivity index (χ4n) is 3.87. The van der Waals surface area contributed by atoms with Crippen molar-refractivity contribution < 1.29 is 4.74 Å². The van der Waals surface area contributed by atoms with Crippen molar-refractivity contribution in [2.45, 2.75) is 38.3 Å². The van der Waals surface area contributed by atoms with Crippen molar-refractivity contribution in [3.05, 3.63) is 23.8 Å². The van der Waals surface area contributed by atoms with Gasteiger partial charge in [-0.25, -0.2) is 0 Å². The highest BCUT2D eigenvalue weighted by Gasteiger charge is 2.30. The van der Waals surface area contributed by atoms with Gasteiger partial charge in [0.15, 0.2) is 0 Å². The van der Waals surface area contributed by atoms with Crippen LogP contribution in [0.5, 0.6) is 5.75 Å². The predicted molar refractivity (Wildman–Crippen MR) is 87.0 cm³/mol. The number of fused-ring (bicyclic) bond motifs is 1. The third-order valence-corrected chi connectivity index (χ3v) is 4.86. The zero-order valence-electron chi connectivity index (χ0n) is 13.2. The lowest BCUT2D eigenvalue weighted by Gasteiger charge is -2.30. The van der Waals surface area contributed by atoms with E-state index in [-0.39, 0.29) is 6.04 Å². The monoisotopic (exact) mass is 289 g/mol. The molecule has 0 aliphatic carbocycles. The summed E-state index contributed by atoms with van der Waals surface area (Å²) in [5.41, 5.74) is 8.63. The van der Waals surface area contributed by atoms with E-state index in [1.165, 1.54) is 38.0 Å². The zero-order valence-corrected chi connectivity index (χ0v) is 13.2. The second kappa shape index (κ2) is 6.24. The zero-order chi connectivity index (χ0) is 14.8. The second-order valence-corrected chi connectivity index (χ2v) is 6.31. The highest BCUT2D eigenvalue weighted by molar-refractivity contribution is 5.61. The van der Waals surface area contributed by atoms with E-state index >= 15 is 0 Å². The fraction of sp³-hybridized carbons (Fsp3) is 0.647. The maximum atomic E-state index is 6.23. The average molecular weight is 289 g/mol. The summed E-state index contributed by atoms with van der Waals surface area (Å²) < 4.78 is 5.54. The highest BCUT2D eigenvalue weighted by atomic mass is 16.5. The molecule has 2 aliphatic heterocycles. The Balaban J connectivity index is 1.91. The van der Waals surface area contributed by atoms with E-state index in [9.17, 15) is 0 Å². The van der Waals surface area contributed by atoms with E-state index in [4.69, 9.17) is 10.5 Å². The lowest BCUT2D eigenvalue weighted by Crippen LogP contribution is -2.37. The molecule has 116 valence electrons. The Morgan fingerprint density at radius 3 is 2.81 bits per heavy atom. The van der Waals surface area contributed by atoms with Gasteiger partial charge in [-0.1, -0.05) is 6.07 Å². The Morgan fingerprint density at radius 2 is 2.05 bits per heavy atom. The topological polar surface area (TPSA) is 41.7 Å². The van der Waals surface area contributed by atoms with E-state index in [2.05, 4.69) is 21.9 Å². The Bertz CT molecular complexity index is 489. The van der Waals surface area contributed by atoms with Crippen molar-refractivity contribution in [3.8, 4) is 5.75 Å². The smallest absolute Gasteiger partial charge is 0.125 e. The molecule has 2 atom stereocenters. The van der Waals surface area contributed by atoms with Crippen molar-refractivity contribution in [1.82, 2.24) is 4.90 Å². The molecule has 0 spiro atoms. The van der Waals surface area contributed by atoms with Crippen LogP contribution in [0.2, 0.25) is 0 Å². The molecule has 0 aromatic heterocycles. The first-order valence-electron chi connectivity index (χ1n) is 8.12. The third kappa shape index (κ3) is 2.87. The number of nitrogens with two attached hydrogens (primary N) is 1. The molecule has 1 aromatic carbocycles. The van der Waals surface area contributed by atoms with Crippen molar-refractivity contribution in [2.75, 3.05) is 38.2 Å². The van der Waals surface area contributed by atoms with Gasteiger partial charge >= 0.3 is 0 Å². The molecule has 4 nitrogen and oxygen atoms in total. The van der Waals surface area contributed by atoms with Crippen LogP contribution >= 0.6 is 0 Å². The molecule has 0 radical (unpaired) electrons. The Kier molecular flexibility index (Phi) is 4.36. The van der Waals surface area contributed by atoms with Gasteiger partial charge in [-0.05, 0) is 44.9 Å². The molecule has 0 amide bonds. The second-order valence-electron chi connectivity index (χ2n) is 6.31. The van der Waals surface area contributed by atoms with Crippen LogP contribution in [0.1, 0.15) is 37.8 Å². The molecule has 1 aromatic rings. The van der Waals surface area contributed by atoms with Gasteiger partial charge in [0.1, 0.15) is 5.75 Å². The van der Waals surface area contributed by atoms with E-state index in [0.29, 0.717) is 6.04 Å². The minimum atomic E-state index is -0.0147. The lowest BCUT2D eigenvalue weighted by molar-refractivity contribution is 0.273. The van der Waals surface area contributed by atoms with Crippen molar-refractivity contribution in [3.63, 3.8) is 0 Å². The van der Waals surface area contributed by atoms with E-state index < -0.39 is 0 Å². The van der Waals surface area contributed by atoms with Crippen LogP contribution < -0.4 is 15.4 Å². The van der Waals surface area contributed by atoms with Gasteiger partial charge in [0.05, 0.1) is 7.11 Å². The Morgan fingerprint density at radius 1 is 1.24 bits per heavy atom. The summed E-state index contributed by atoms with van der Waals surface area (Å²) in [4.78, 5) is 5.18. The molecular weight excluding hydrogens is 262 g/mol. The molecule has 3 rings (SSSR count). The number of rotatable bonds is 3. The molecular formula is C17H27N3O. The van der Waals surface area contributed by atoms with Gasteiger partial charge in [-0.3, -0.25) is 4.90 Å². The number of nitrogens with zero attached hydrogens (tertiary/aromatic N) is 2. The van der Waals surface area contributed by atoms with Crippen LogP contribution in [0.4, 0.5) is 5.69 Å². The quantitative estimate of drug-likeness (QED) is 0.928. The highest BCUT2D eigenvalue weighted by Crippen LogP contribution is 2.35. The molecule has 0 saturated carbocycles. The molecule has 0 bridgehead atoms. The van der Waals surface area contributed by atoms with Crippen molar-refractivity contribution >= 4 is 5.69 Å². The predicted octanol–water partition coefficient (Wildman–Crippen LogP) is 2.39. The van der Waals surface area contributed by atoms with E-state index in [1.54, 1.807) is 7.11 Å². The summed E-state index contributed by atoms with van der Waals surface area (Å²) in [6.45, 7) is 6.78. The first-order valence-corrected chi connectivity index (χ1v) is 8.12. The Hall–Kier alpha value is -1.26. The summed E-state index contributed by atoms with van der Waals surface area (Å²) in [6, 6.07) is 6.99. The fourth-order valence-corrected chi connectivity index (χ4v) is 3.87. The normalized spacial score (nSPS) is 24.5. The molecule has 2 unspecified atom stereocenters. The molecule has 2 aliphatic rings. The van der Waals surface area contributed by atoms with Crippen molar-refractivity contribution in [1.29, 1.82) is 0 Å². The first-order chi connectivity index (χ1) is 10.2. The van der Waals surface area contributed by atoms with Gasteiger partial charge in [0.25, 0.3) is 0 Å². The van der Waals surface area contributed by atoms with Gasteiger partial charge in [0.2, 0.25) is 0 Å². The number of hydrogen-bond acceptors (Lipinski definition) is 4. The molecule has 4 heteroatoms. The van der Waals surface area contributed by atoms with E-state index in [0.717, 1.165) is 24.4 Å². The summed E-state index contributed by atoms with van der Waals surface area (Å²) in [5, 5.41) is 0. The van der Waals surface area contributed by atoms with Gasteiger partial charge in [-0.15, -0.1) is 0 Å². The molecule has 2 fully saturated rings. The molecule has 2 saturated heterocycles. The van der Waals surface area contributed by atoms with Crippen LogP contribution in [0.25, 0.3) is 0 Å². The SMILES string of the molecule is COc1cccc(N2CCCN3CCCC3C2)c1C(C)N. The first kappa shape index (κ1) is 14.7. The number of methoxy groups -OCH3 is 1. The summed E-state index contributed by atoms with van der Waals surface area (Å²) >= 11 is 0. The van der Waals surface area contributed by atoms with Crippen molar-refractivity contribution in [2.24, 2.45) is 5.73 Å². The minimum absolute atomic E-state index is 0.0147. The molecule has 21 heavy (non-hydrogen) atoms. The number of hydrogen-bond donors (Lipinski definition) is 1. The summed E-state index contributed by atoms with van der Waals surface area (Å²) in [5.74, 6) is 0.912. The van der Waals surface area contributed by atoms with Crippen LogP contribution in [-0.4, -0.2) is 44.2 Å². The molecule has 2 N–H and O–H groups in total. The lowest BCUT2D eigenvalue weighted by atomic mass is 10.0. The van der Waals surface area contributed by atoms with Gasteiger partial charge in [0, 0.05) is 43.0 Å².